The fourth-order valence-corrected chi connectivity index (χ4v) is 2.50. The predicted octanol–water partition coefficient (Wildman–Crippen LogP) is 5.43. The Morgan fingerprint density at radius 1 is 0.947 bits per heavy atom. The van der Waals surface area contributed by atoms with E-state index in [0.29, 0.717) is 31.9 Å². The van der Waals surface area contributed by atoms with Gasteiger partial charge in [0.15, 0.2) is 0 Å². The van der Waals surface area contributed by atoms with Crippen molar-refractivity contribution in [1.82, 2.24) is 4.98 Å². The Kier molecular flexibility index (Phi) is 4.54. The van der Waals surface area contributed by atoms with Gasteiger partial charge in [-0.25, -0.2) is 4.98 Å². The molecule has 0 bridgehead atoms. The van der Waals surface area contributed by atoms with Gasteiger partial charge < -0.3 is 0 Å². The molecule has 0 amide bonds. The number of hydrogen-bond donors (Lipinski definition) is 0. The van der Waals surface area contributed by atoms with Crippen LogP contribution < -0.4 is 0 Å². The van der Waals surface area contributed by atoms with E-state index in [4.69, 9.17) is 51.7 Å². The molecule has 0 saturated carbocycles. The number of rotatable bonds is 2. The number of nitriles is 1. The first-order valence-corrected chi connectivity index (χ1v) is 6.71. The quantitative estimate of drug-likeness (QED) is 0.543. The average Bonchev–Trinajstić information content (AvgIpc) is 2.35. The second-order valence-electron chi connectivity index (χ2n) is 3.72. The van der Waals surface area contributed by atoms with Gasteiger partial charge in [0.1, 0.15) is 5.15 Å². The summed E-state index contributed by atoms with van der Waals surface area (Å²) in [6, 6.07) is 8.69. The molecule has 2 aromatic rings. The van der Waals surface area contributed by atoms with Crippen molar-refractivity contribution in [2.45, 2.75) is 6.42 Å². The van der Waals surface area contributed by atoms with Crippen molar-refractivity contribution in [2.75, 3.05) is 0 Å². The summed E-state index contributed by atoms with van der Waals surface area (Å²) in [5.74, 6) is 0. The molecular formula is C13H6Cl4N2. The van der Waals surface area contributed by atoms with E-state index in [1.807, 2.05) is 6.07 Å². The summed E-state index contributed by atoms with van der Waals surface area (Å²) in [4.78, 5) is 4.14. The third-order valence-corrected chi connectivity index (χ3v) is 3.79. The maximum atomic E-state index is 8.62. The Hall–Kier alpha value is -0.980. The van der Waals surface area contributed by atoms with Crippen LogP contribution in [0.4, 0.5) is 0 Å². The van der Waals surface area contributed by atoms with Gasteiger partial charge in [0.2, 0.25) is 0 Å². The largest absolute Gasteiger partial charge is 0.239 e. The molecule has 0 atom stereocenters. The number of pyridine rings is 1. The summed E-state index contributed by atoms with van der Waals surface area (Å²) in [6.45, 7) is 0. The molecule has 0 aliphatic heterocycles. The van der Waals surface area contributed by atoms with Crippen LogP contribution in [0.1, 0.15) is 5.69 Å². The van der Waals surface area contributed by atoms with Gasteiger partial charge in [0.05, 0.1) is 33.3 Å². The first-order chi connectivity index (χ1) is 9.02. The van der Waals surface area contributed by atoms with E-state index in [0.717, 1.165) is 0 Å². The molecular weight excluding hydrogens is 326 g/mol. The van der Waals surface area contributed by atoms with Gasteiger partial charge in [-0.15, -0.1) is 0 Å². The minimum atomic E-state index is 0.203. The van der Waals surface area contributed by atoms with Crippen molar-refractivity contribution >= 4 is 46.4 Å². The van der Waals surface area contributed by atoms with Gasteiger partial charge in [-0.3, -0.25) is 0 Å². The third kappa shape index (κ3) is 3.13. The highest BCUT2D eigenvalue weighted by Gasteiger charge is 2.12. The van der Waals surface area contributed by atoms with Crippen molar-refractivity contribution < 1.29 is 0 Å². The summed E-state index contributed by atoms with van der Waals surface area (Å²) in [5, 5.41) is 10.1. The SMILES string of the molecule is N#CCc1ccc(-c2cc(Cl)c(Cl)cc2Cl)c(Cl)n1. The summed E-state index contributed by atoms with van der Waals surface area (Å²) in [7, 11) is 0. The van der Waals surface area contributed by atoms with Crippen LogP contribution in [0, 0.1) is 11.3 Å². The number of halogens is 4. The zero-order valence-electron chi connectivity index (χ0n) is 9.42. The topological polar surface area (TPSA) is 36.7 Å². The Morgan fingerprint density at radius 3 is 2.26 bits per heavy atom. The fraction of sp³-hybridized carbons (Fsp3) is 0.0769. The Labute approximate surface area is 130 Å². The maximum absolute atomic E-state index is 8.62. The standard InChI is InChI=1S/C13H6Cl4N2/c14-10-6-12(16)11(15)5-9(10)8-2-1-7(3-4-18)19-13(8)17/h1-2,5-6H,3H2. The van der Waals surface area contributed by atoms with Crippen molar-refractivity contribution in [2.24, 2.45) is 0 Å². The van der Waals surface area contributed by atoms with Gasteiger partial charge in [0, 0.05) is 11.1 Å². The molecule has 1 aromatic heterocycles. The molecule has 0 N–H and O–H groups in total. The molecule has 2 rings (SSSR count). The van der Waals surface area contributed by atoms with Gasteiger partial charge in [-0.2, -0.15) is 5.26 Å². The number of nitrogens with zero attached hydrogens (tertiary/aromatic N) is 2. The van der Waals surface area contributed by atoms with Crippen molar-refractivity contribution in [3.05, 3.63) is 50.2 Å². The zero-order chi connectivity index (χ0) is 14.0. The van der Waals surface area contributed by atoms with Gasteiger partial charge in [0.25, 0.3) is 0 Å². The number of hydrogen-bond acceptors (Lipinski definition) is 2. The molecule has 0 saturated heterocycles. The molecule has 0 aliphatic rings. The molecule has 0 aliphatic carbocycles. The Bertz CT molecular complexity index is 677. The van der Waals surface area contributed by atoms with E-state index in [2.05, 4.69) is 4.98 Å². The minimum Gasteiger partial charge on any atom is -0.239 e. The molecule has 6 heteroatoms. The first kappa shape index (κ1) is 14.4. The van der Waals surface area contributed by atoms with Crippen molar-refractivity contribution in [3.8, 4) is 17.2 Å². The summed E-state index contributed by atoms with van der Waals surface area (Å²) >= 11 is 24.1. The molecule has 1 aromatic carbocycles. The lowest BCUT2D eigenvalue weighted by molar-refractivity contribution is 1.12. The summed E-state index contributed by atoms with van der Waals surface area (Å²) in [5.41, 5.74) is 1.90. The van der Waals surface area contributed by atoms with Gasteiger partial charge in [-0.05, 0) is 24.3 Å². The predicted molar refractivity (Wildman–Crippen MR) is 79.0 cm³/mol. The molecule has 0 spiro atoms. The van der Waals surface area contributed by atoms with E-state index < -0.39 is 0 Å². The fourth-order valence-electron chi connectivity index (χ4n) is 1.58. The monoisotopic (exact) mass is 330 g/mol. The normalized spacial score (nSPS) is 10.3. The minimum absolute atomic E-state index is 0.203. The molecule has 1 heterocycles. The highest BCUT2D eigenvalue weighted by atomic mass is 35.5. The highest BCUT2D eigenvalue weighted by molar-refractivity contribution is 6.44. The molecule has 0 radical (unpaired) electrons. The van der Waals surface area contributed by atoms with Crippen LogP contribution in [0.5, 0.6) is 0 Å². The van der Waals surface area contributed by atoms with Crippen LogP contribution >= 0.6 is 46.4 Å². The Balaban J connectivity index is 2.54. The molecule has 19 heavy (non-hydrogen) atoms. The van der Waals surface area contributed by atoms with E-state index in [-0.39, 0.29) is 11.6 Å². The van der Waals surface area contributed by atoms with Crippen LogP contribution in [-0.2, 0) is 6.42 Å². The van der Waals surface area contributed by atoms with Crippen LogP contribution in [0.2, 0.25) is 20.2 Å². The molecule has 96 valence electrons. The van der Waals surface area contributed by atoms with E-state index in [9.17, 15) is 0 Å². The maximum Gasteiger partial charge on any atom is 0.137 e. The van der Waals surface area contributed by atoms with Crippen LogP contribution in [0.3, 0.4) is 0 Å². The number of benzene rings is 1. The average molecular weight is 332 g/mol. The van der Waals surface area contributed by atoms with E-state index in [1.54, 1.807) is 24.3 Å². The third-order valence-electron chi connectivity index (χ3n) is 2.47. The first-order valence-electron chi connectivity index (χ1n) is 5.20. The smallest absolute Gasteiger partial charge is 0.137 e. The number of aromatic nitrogens is 1. The second-order valence-corrected chi connectivity index (χ2v) is 5.30. The van der Waals surface area contributed by atoms with Crippen LogP contribution in [-0.4, -0.2) is 4.98 Å². The van der Waals surface area contributed by atoms with E-state index >= 15 is 0 Å². The lowest BCUT2D eigenvalue weighted by Gasteiger charge is -2.09. The molecule has 2 nitrogen and oxygen atoms in total. The van der Waals surface area contributed by atoms with Gasteiger partial charge in [-0.1, -0.05) is 46.4 Å². The van der Waals surface area contributed by atoms with Crippen molar-refractivity contribution in [3.63, 3.8) is 0 Å². The van der Waals surface area contributed by atoms with Crippen LogP contribution in [0.15, 0.2) is 24.3 Å². The Morgan fingerprint density at radius 2 is 1.63 bits per heavy atom. The van der Waals surface area contributed by atoms with Crippen molar-refractivity contribution in [1.29, 1.82) is 5.26 Å². The van der Waals surface area contributed by atoms with Crippen LogP contribution in [0.25, 0.3) is 11.1 Å². The molecule has 0 unspecified atom stereocenters. The lowest BCUT2D eigenvalue weighted by atomic mass is 10.1. The summed E-state index contributed by atoms with van der Waals surface area (Å²) < 4.78 is 0. The zero-order valence-corrected chi connectivity index (χ0v) is 12.4. The molecule has 0 fully saturated rings. The lowest BCUT2D eigenvalue weighted by Crippen LogP contribution is -1.91. The second kappa shape index (κ2) is 5.98. The van der Waals surface area contributed by atoms with E-state index in [1.165, 1.54) is 0 Å². The highest BCUT2D eigenvalue weighted by Crippen LogP contribution is 2.37. The summed E-state index contributed by atoms with van der Waals surface area (Å²) in [6.07, 6.45) is 0.203. The van der Waals surface area contributed by atoms with Gasteiger partial charge >= 0.3 is 0 Å².